The molecule has 1 saturated carbocycles. The first-order chi connectivity index (χ1) is 4.70. The second-order valence-electron chi connectivity index (χ2n) is 3.13. The number of fused-ring (bicyclic) bond motifs is 1. The molecule has 0 bridgehead atoms. The summed E-state index contributed by atoms with van der Waals surface area (Å²) in [5, 5.41) is 9.23. The van der Waals surface area contributed by atoms with Gasteiger partial charge < -0.3 is 9.84 Å². The standard InChI is InChI=1S/C7H10O3/c1-3-2-4(8)6-7(10-6)5(3)9/h3-4,6-8H,2H2,1H3/t3-,4-,6+,7-/m1/s1. The fourth-order valence-electron chi connectivity index (χ4n) is 1.54. The lowest BCUT2D eigenvalue weighted by atomic mass is 9.88. The molecule has 56 valence electrons. The van der Waals surface area contributed by atoms with Crippen molar-refractivity contribution in [3.05, 3.63) is 0 Å². The molecular weight excluding hydrogens is 132 g/mol. The molecule has 1 aliphatic carbocycles. The van der Waals surface area contributed by atoms with Gasteiger partial charge >= 0.3 is 0 Å². The quantitative estimate of drug-likeness (QED) is 0.473. The van der Waals surface area contributed by atoms with Crippen LogP contribution in [-0.4, -0.2) is 29.2 Å². The Bertz CT molecular complexity index is 174. The summed E-state index contributed by atoms with van der Waals surface area (Å²) in [6, 6.07) is 0. The van der Waals surface area contributed by atoms with Crippen LogP contribution in [0.2, 0.25) is 0 Å². The predicted molar refractivity (Wildman–Crippen MR) is 33.5 cm³/mol. The summed E-state index contributed by atoms with van der Waals surface area (Å²) in [5.74, 6) is 0.147. The van der Waals surface area contributed by atoms with Gasteiger partial charge in [0.25, 0.3) is 0 Å². The molecule has 1 N–H and O–H groups in total. The smallest absolute Gasteiger partial charge is 0.167 e. The van der Waals surface area contributed by atoms with Crippen LogP contribution in [0.15, 0.2) is 0 Å². The summed E-state index contributed by atoms with van der Waals surface area (Å²) in [6.07, 6.45) is -0.264. The second kappa shape index (κ2) is 1.80. The molecule has 0 unspecified atom stereocenters. The number of aliphatic hydroxyl groups is 1. The Morgan fingerprint density at radius 3 is 3.10 bits per heavy atom. The molecule has 0 aromatic carbocycles. The van der Waals surface area contributed by atoms with Gasteiger partial charge in [-0.2, -0.15) is 0 Å². The van der Waals surface area contributed by atoms with Crippen LogP contribution in [0.25, 0.3) is 0 Å². The van der Waals surface area contributed by atoms with Crippen molar-refractivity contribution in [3.8, 4) is 0 Å². The largest absolute Gasteiger partial charge is 0.390 e. The number of carbonyl (C=O) groups is 1. The molecule has 2 aliphatic rings. The maximum Gasteiger partial charge on any atom is 0.167 e. The van der Waals surface area contributed by atoms with Gasteiger partial charge in [-0.25, -0.2) is 0 Å². The van der Waals surface area contributed by atoms with Crippen molar-refractivity contribution in [1.29, 1.82) is 0 Å². The predicted octanol–water partition coefficient (Wildman–Crippen LogP) is -0.276. The molecule has 0 spiro atoms. The maximum absolute atomic E-state index is 11.1. The zero-order valence-corrected chi connectivity index (χ0v) is 5.78. The van der Waals surface area contributed by atoms with Crippen LogP contribution in [0.3, 0.4) is 0 Å². The van der Waals surface area contributed by atoms with Gasteiger partial charge in [-0.3, -0.25) is 4.79 Å². The fourth-order valence-corrected chi connectivity index (χ4v) is 1.54. The zero-order chi connectivity index (χ0) is 7.30. The summed E-state index contributed by atoms with van der Waals surface area (Å²) in [5.41, 5.74) is 0. The highest BCUT2D eigenvalue weighted by Gasteiger charge is 2.54. The third-order valence-electron chi connectivity index (χ3n) is 2.27. The van der Waals surface area contributed by atoms with Crippen molar-refractivity contribution < 1.29 is 14.6 Å². The van der Waals surface area contributed by atoms with Crippen molar-refractivity contribution in [3.63, 3.8) is 0 Å². The monoisotopic (exact) mass is 142 g/mol. The Balaban J connectivity index is 2.12. The molecule has 10 heavy (non-hydrogen) atoms. The highest BCUT2D eigenvalue weighted by Crippen LogP contribution is 2.36. The number of carbonyl (C=O) groups excluding carboxylic acids is 1. The van der Waals surface area contributed by atoms with E-state index in [1.807, 2.05) is 6.92 Å². The lowest BCUT2D eigenvalue weighted by molar-refractivity contribution is -0.125. The molecule has 3 nitrogen and oxygen atoms in total. The third-order valence-corrected chi connectivity index (χ3v) is 2.27. The van der Waals surface area contributed by atoms with Crippen molar-refractivity contribution in [2.24, 2.45) is 5.92 Å². The van der Waals surface area contributed by atoms with Gasteiger partial charge in [-0.1, -0.05) is 6.92 Å². The SMILES string of the molecule is C[C@@H]1C[C@@H](O)[C@@H]2O[C@@H]2C1=O. The van der Waals surface area contributed by atoms with E-state index in [1.165, 1.54) is 0 Å². The summed E-state index contributed by atoms with van der Waals surface area (Å²) >= 11 is 0. The number of ether oxygens (including phenoxy) is 1. The van der Waals surface area contributed by atoms with Crippen molar-refractivity contribution in [1.82, 2.24) is 0 Å². The maximum atomic E-state index is 11.1. The van der Waals surface area contributed by atoms with Gasteiger partial charge in [0.05, 0.1) is 6.10 Å². The van der Waals surface area contributed by atoms with Crippen LogP contribution in [0.5, 0.6) is 0 Å². The van der Waals surface area contributed by atoms with Crippen LogP contribution in [0.1, 0.15) is 13.3 Å². The number of aliphatic hydroxyl groups excluding tert-OH is 1. The summed E-state index contributed by atoms with van der Waals surface area (Å²) in [4.78, 5) is 11.1. The highest BCUT2D eigenvalue weighted by molar-refractivity contribution is 5.89. The molecule has 2 rings (SSSR count). The van der Waals surface area contributed by atoms with Gasteiger partial charge in [-0.15, -0.1) is 0 Å². The van der Waals surface area contributed by atoms with Crippen LogP contribution in [-0.2, 0) is 9.53 Å². The van der Waals surface area contributed by atoms with Gasteiger partial charge in [0, 0.05) is 5.92 Å². The first-order valence-electron chi connectivity index (χ1n) is 3.57. The van der Waals surface area contributed by atoms with E-state index >= 15 is 0 Å². The van der Waals surface area contributed by atoms with Crippen LogP contribution in [0.4, 0.5) is 0 Å². The molecule has 0 radical (unpaired) electrons. The molecule has 3 heteroatoms. The zero-order valence-electron chi connectivity index (χ0n) is 5.78. The highest BCUT2D eigenvalue weighted by atomic mass is 16.6. The molecule has 1 aliphatic heterocycles. The Kier molecular flexibility index (Phi) is 1.13. The molecule has 1 heterocycles. The first kappa shape index (κ1) is 6.31. The van der Waals surface area contributed by atoms with Crippen LogP contribution >= 0.6 is 0 Å². The van der Waals surface area contributed by atoms with E-state index in [0.29, 0.717) is 6.42 Å². The number of hydrogen-bond donors (Lipinski definition) is 1. The normalized spacial score (nSPS) is 52.4. The fraction of sp³-hybridized carbons (Fsp3) is 0.857. The van der Waals surface area contributed by atoms with E-state index in [4.69, 9.17) is 4.74 Å². The second-order valence-corrected chi connectivity index (χ2v) is 3.13. The molecule has 0 aromatic rings. The number of epoxide rings is 1. The Labute approximate surface area is 59.0 Å². The van der Waals surface area contributed by atoms with Crippen molar-refractivity contribution >= 4 is 5.78 Å². The Morgan fingerprint density at radius 2 is 2.40 bits per heavy atom. The summed E-state index contributed by atoms with van der Waals surface area (Å²) in [7, 11) is 0. The van der Waals surface area contributed by atoms with Crippen molar-refractivity contribution in [2.75, 3.05) is 0 Å². The third kappa shape index (κ3) is 0.707. The Hall–Kier alpha value is -0.410. The topological polar surface area (TPSA) is 49.8 Å². The van der Waals surface area contributed by atoms with E-state index in [9.17, 15) is 9.90 Å². The molecule has 1 saturated heterocycles. The van der Waals surface area contributed by atoms with Gasteiger partial charge in [0.2, 0.25) is 0 Å². The summed E-state index contributed by atoms with van der Waals surface area (Å²) < 4.78 is 4.97. The number of rotatable bonds is 0. The number of hydrogen-bond acceptors (Lipinski definition) is 3. The minimum Gasteiger partial charge on any atom is -0.390 e. The van der Waals surface area contributed by atoms with E-state index in [0.717, 1.165) is 0 Å². The number of Topliss-reactive ketones (excluding diaryl/α,β-unsaturated/α-hetero) is 1. The summed E-state index contributed by atoms with van der Waals surface area (Å²) in [6.45, 7) is 1.84. The molecule has 0 aromatic heterocycles. The van der Waals surface area contributed by atoms with Gasteiger partial charge in [0.15, 0.2) is 5.78 Å². The lowest BCUT2D eigenvalue weighted by Crippen LogP contribution is -2.33. The van der Waals surface area contributed by atoms with Crippen molar-refractivity contribution in [2.45, 2.75) is 31.7 Å². The van der Waals surface area contributed by atoms with E-state index in [1.54, 1.807) is 0 Å². The first-order valence-corrected chi connectivity index (χ1v) is 3.57. The average Bonchev–Trinajstić information content (AvgIpc) is 2.61. The number of ketones is 1. The van der Waals surface area contributed by atoms with E-state index in [2.05, 4.69) is 0 Å². The van der Waals surface area contributed by atoms with Gasteiger partial charge in [-0.05, 0) is 6.42 Å². The minimum atomic E-state index is -0.405. The molecule has 2 fully saturated rings. The molecule has 0 amide bonds. The molecule has 4 atom stereocenters. The minimum absolute atomic E-state index is 0.0150. The lowest BCUT2D eigenvalue weighted by Gasteiger charge is -2.16. The Morgan fingerprint density at radius 1 is 1.70 bits per heavy atom. The average molecular weight is 142 g/mol. The van der Waals surface area contributed by atoms with Crippen LogP contribution in [0, 0.1) is 5.92 Å². The van der Waals surface area contributed by atoms with Crippen LogP contribution < -0.4 is 0 Å². The van der Waals surface area contributed by atoms with E-state index < -0.39 is 6.10 Å². The van der Waals surface area contributed by atoms with Gasteiger partial charge in [0.1, 0.15) is 12.2 Å². The van der Waals surface area contributed by atoms with E-state index in [-0.39, 0.29) is 23.9 Å². The molecular formula is C7H10O3.